The van der Waals surface area contributed by atoms with Crippen molar-refractivity contribution in [2.45, 2.75) is 43.8 Å². The highest BCUT2D eigenvalue weighted by atomic mass is 16.4. The third-order valence-electron chi connectivity index (χ3n) is 4.83. The van der Waals surface area contributed by atoms with Gasteiger partial charge in [0.05, 0.1) is 0 Å². The molecule has 2 aliphatic rings. The quantitative estimate of drug-likeness (QED) is 0.478. The van der Waals surface area contributed by atoms with Gasteiger partial charge in [0, 0.05) is 11.6 Å². The number of aliphatic carboxylic acids is 1. The van der Waals surface area contributed by atoms with Gasteiger partial charge in [0.25, 0.3) is 5.91 Å². The van der Waals surface area contributed by atoms with Crippen molar-refractivity contribution in [2.75, 3.05) is 0 Å². The monoisotopic (exact) mass is 356 g/mol. The van der Waals surface area contributed by atoms with Gasteiger partial charge in [-0.3, -0.25) is 14.4 Å². The van der Waals surface area contributed by atoms with Gasteiger partial charge in [-0.15, -0.1) is 0 Å². The van der Waals surface area contributed by atoms with Crippen LogP contribution in [0.5, 0.6) is 0 Å². The fourth-order valence-electron chi connectivity index (χ4n) is 3.52. The minimum Gasteiger partial charge on any atom is -0.480 e. The standard InChI is InChI=1S/C19H20N2O5/c22-16(12-6-2-1-3-7-12)17(23)20-14-9-5-4-8-13-10-11-15(19(25)26)21(13)18(14)24/h1-7,13-15H,8-11H2,(H,20,23)(H,25,26)/b5-4-. The molecule has 2 N–H and O–H groups in total. The number of hydrogen-bond donors (Lipinski definition) is 2. The first-order valence-electron chi connectivity index (χ1n) is 8.59. The average molecular weight is 356 g/mol. The lowest BCUT2D eigenvalue weighted by molar-refractivity contribution is -0.150. The molecular weight excluding hydrogens is 336 g/mol. The first-order valence-corrected chi connectivity index (χ1v) is 8.59. The maximum absolute atomic E-state index is 12.9. The van der Waals surface area contributed by atoms with E-state index in [1.54, 1.807) is 24.3 Å². The molecule has 2 amide bonds. The average Bonchev–Trinajstić information content (AvgIpc) is 3.06. The van der Waals surface area contributed by atoms with Crippen LogP contribution in [0, 0.1) is 0 Å². The van der Waals surface area contributed by atoms with E-state index < -0.39 is 35.7 Å². The van der Waals surface area contributed by atoms with E-state index in [2.05, 4.69) is 5.32 Å². The molecule has 26 heavy (non-hydrogen) atoms. The van der Waals surface area contributed by atoms with Gasteiger partial charge in [-0.2, -0.15) is 0 Å². The molecule has 1 fully saturated rings. The molecule has 0 saturated carbocycles. The van der Waals surface area contributed by atoms with Crippen LogP contribution in [0.15, 0.2) is 42.5 Å². The van der Waals surface area contributed by atoms with Crippen LogP contribution in [0.25, 0.3) is 0 Å². The van der Waals surface area contributed by atoms with Gasteiger partial charge in [0.1, 0.15) is 12.1 Å². The van der Waals surface area contributed by atoms with Crippen molar-refractivity contribution >= 4 is 23.6 Å². The van der Waals surface area contributed by atoms with E-state index in [1.165, 1.54) is 17.0 Å². The summed E-state index contributed by atoms with van der Waals surface area (Å²) in [5.41, 5.74) is 0.237. The SMILES string of the molecule is O=C(NC1C/C=C\CC2CCC(C(=O)O)N2C1=O)C(=O)c1ccccc1. The molecule has 7 nitrogen and oxygen atoms in total. The van der Waals surface area contributed by atoms with E-state index in [0.717, 1.165) is 0 Å². The lowest BCUT2D eigenvalue weighted by Crippen LogP contribution is -2.55. The van der Waals surface area contributed by atoms with Crippen LogP contribution in [0.3, 0.4) is 0 Å². The summed E-state index contributed by atoms with van der Waals surface area (Å²) < 4.78 is 0. The molecule has 0 aliphatic carbocycles. The summed E-state index contributed by atoms with van der Waals surface area (Å²) >= 11 is 0. The number of carboxylic acids is 1. The Hall–Kier alpha value is -2.96. The molecule has 3 rings (SSSR count). The topological polar surface area (TPSA) is 104 Å². The van der Waals surface area contributed by atoms with Gasteiger partial charge in [-0.25, -0.2) is 4.79 Å². The number of nitrogens with zero attached hydrogens (tertiary/aromatic N) is 1. The number of benzene rings is 1. The Kier molecular flexibility index (Phi) is 5.16. The summed E-state index contributed by atoms with van der Waals surface area (Å²) in [5.74, 6) is -3.09. The Bertz CT molecular complexity index is 758. The third kappa shape index (κ3) is 3.51. The number of fused-ring (bicyclic) bond motifs is 1. The number of carbonyl (C=O) groups is 4. The number of carboxylic acid groups (broad SMARTS) is 1. The molecule has 2 aliphatic heterocycles. The highest BCUT2D eigenvalue weighted by Crippen LogP contribution is 2.29. The molecule has 2 heterocycles. The van der Waals surface area contributed by atoms with E-state index in [9.17, 15) is 24.3 Å². The lowest BCUT2D eigenvalue weighted by atomic mass is 10.0. The molecule has 0 radical (unpaired) electrons. The summed E-state index contributed by atoms with van der Waals surface area (Å²) in [5, 5.41) is 11.9. The summed E-state index contributed by atoms with van der Waals surface area (Å²) in [6, 6.07) is 6.06. The van der Waals surface area contributed by atoms with Crippen LogP contribution >= 0.6 is 0 Å². The van der Waals surface area contributed by atoms with Gasteiger partial charge in [-0.05, 0) is 25.7 Å². The van der Waals surface area contributed by atoms with Gasteiger partial charge < -0.3 is 15.3 Å². The minimum absolute atomic E-state index is 0.190. The van der Waals surface area contributed by atoms with Crippen molar-refractivity contribution in [2.24, 2.45) is 0 Å². The molecule has 1 aromatic rings. The maximum atomic E-state index is 12.9. The number of hydrogen-bond acceptors (Lipinski definition) is 4. The van der Waals surface area contributed by atoms with Crippen molar-refractivity contribution in [1.82, 2.24) is 10.2 Å². The molecule has 0 aromatic heterocycles. The summed E-state index contributed by atoms with van der Waals surface area (Å²) in [4.78, 5) is 50.2. The van der Waals surface area contributed by atoms with Gasteiger partial charge >= 0.3 is 5.97 Å². The van der Waals surface area contributed by atoms with Gasteiger partial charge in [0.15, 0.2) is 0 Å². The molecule has 7 heteroatoms. The van der Waals surface area contributed by atoms with E-state index in [1.807, 2.05) is 6.08 Å². The summed E-state index contributed by atoms with van der Waals surface area (Å²) in [6.07, 6.45) is 5.51. The second-order valence-corrected chi connectivity index (χ2v) is 6.49. The van der Waals surface area contributed by atoms with Crippen molar-refractivity contribution in [3.05, 3.63) is 48.0 Å². The zero-order valence-corrected chi connectivity index (χ0v) is 14.1. The summed E-state index contributed by atoms with van der Waals surface area (Å²) in [6.45, 7) is 0. The molecule has 136 valence electrons. The predicted octanol–water partition coefficient (Wildman–Crippen LogP) is 1.15. The Morgan fingerprint density at radius 2 is 1.73 bits per heavy atom. The number of ketones is 1. The third-order valence-corrected chi connectivity index (χ3v) is 4.83. The van der Waals surface area contributed by atoms with Crippen LogP contribution in [0.1, 0.15) is 36.0 Å². The van der Waals surface area contributed by atoms with E-state index in [-0.39, 0.29) is 18.0 Å². The zero-order chi connectivity index (χ0) is 18.7. The van der Waals surface area contributed by atoms with Gasteiger partial charge in [-0.1, -0.05) is 42.5 Å². The molecule has 3 unspecified atom stereocenters. The first-order chi connectivity index (χ1) is 12.5. The molecule has 3 atom stereocenters. The fraction of sp³-hybridized carbons (Fsp3) is 0.368. The van der Waals surface area contributed by atoms with Crippen LogP contribution in [-0.2, 0) is 14.4 Å². The van der Waals surface area contributed by atoms with Crippen molar-refractivity contribution in [1.29, 1.82) is 0 Å². The molecule has 1 aromatic carbocycles. The van der Waals surface area contributed by atoms with Crippen molar-refractivity contribution in [3.63, 3.8) is 0 Å². The molecule has 1 saturated heterocycles. The number of Topliss-reactive ketones (excluding diaryl/α,β-unsaturated/α-hetero) is 1. The first kappa shape index (κ1) is 17.8. The fourth-order valence-corrected chi connectivity index (χ4v) is 3.52. The Labute approximate surface area is 150 Å². The molecular formula is C19H20N2O5. The zero-order valence-electron chi connectivity index (χ0n) is 14.1. The van der Waals surface area contributed by atoms with E-state index in [4.69, 9.17) is 0 Å². The number of nitrogens with one attached hydrogen (secondary N) is 1. The Morgan fingerprint density at radius 3 is 2.42 bits per heavy atom. The highest BCUT2D eigenvalue weighted by Gasteiger charge is 2.43. The molecule has 0 spiro atoms. The van der Waals surface area contributed by atoms with Crippen LogP contribution in [-0.4, -0.2) is 51.7 Å². The Balaban J connectivity index is 1.78. The number of rotatable bonds is 4. The normalized spacial score (nSPS) is 26.4. The van der Waals surface area contributed by atoms with Gasteiger partial charge in [0.2, 0.25) is 11.7 Å². The molecule has 0 bridgehead atoms. The minimum atomic E-state index is -1.05. The number of amides is 2. The largest absolute Gasteiger partial charge is 0.480 e. The van der Waals surface area contributed by atoms with E-state index >= 15 is 0 Å². The van der Waals surface area contributed by atoms with Crippen LogP contribution < -0.4 is 5.32 Å². The highest BCUT2D eigenvalue weighted by molar-refractivity contribution is 6.43. The van der Waals surface area contributed by atoms with Crippen LogP contribution in [0.2, 0.25) is 0 Å². The maximum Gasteiger partial charge on any atom is 0.326 e. The van der Waals surface area contributed by atoms with E-state index in [0.29, 0.717) is 19.3 Å². The van der Waals surface area contributed by atoms with Crippen LogP contribution in [0.4, 0.5) is 0 Å². The van der Waals surface area contributed by atoms with Crippen molar-refractivity contribution < 1.29 is 24.3 Å². The smallest absolute Gasteiger partial charge is 0.326 e. The number of carbonyl (C=O) groups excluding carboxylic acids is 3. The summed E-state index contributed by atoms with van der Waals surface area (Å²) in [7, 11) is 0. The second-order valence-electron chi connectivity index (χ2n) is 6.49. The van der Waals surface area contributed by atoms with Crippen molar-refractivity contribution in [3.8, 4) is 0 Å². The Morgan fingerprint density at radius 1 is 1.04 bits per heavy atom. The predicted molar refractivity (Wildman–Crippen MR) is 92.4 cm³/mol. The second kappa shape index (κ2) is 7.51. The lowest BCUT2D eigenvalue weighted by Gasteiger charge is -2.32.